The van der Waals surface area contributed by atoms with E-state index >= 15 is 0 Å². The Kier molecular flexibility index (Phi) is 8.51. The molecule has 282 valence electrons. The molecule has 0 unspecified atom stereocenters. The molecule has 0 amide bonds. The van der Waals surface area contributed by atoms with E-state index < -0.39 is 110 Å². The van der Waals surface area contributed by atoms with E-state index in [1.807, 2.05) is 0 Å². The molecule has 0 radical (unpaired) electrons. The van der Waals surface area contributed by atoms with Gasteiger partial charge in [-0.05, 0) is 58.5 Å². The highest BCUT2D eigenvalue weighted by molar-refractivity contribution is 5.94. The molecular weight excluding hydrogens is 765 g/mol. The zero-order valence-electron chi connectivity index (χ0n) is 27.7. The quantitative estimate of drug-likeness (QED) is 0.0555. The maximum atomic E-state index is 14.9. The minimum absolute atomic E-state index is 0.107. The van der Waals surface area contributed by atoms with Crippen molar-refractivity contribution in [1.82, 2.24) is 0 Å². The lowest BCUT2D eigenvalue weighted by molar-refractivity contribution is 0.0700. The van der Waals surface area contributed by atoms with Crippen molar-refractivity contribution in [3.05, 3.63) is 199 Å². The van der Waals surface area contributed by atoms with Crippen LogP contribution in [-0.2, 0) is 11.8 Å². The maximum Gasteiger partial charge on any atom is 0.349 e. The van der Waals surface area contributed by atoms with Gasteiger partial charge < -0.3 is 9.47 Å². The number of esters is 2. The lowest BCUT2D eigenvalue weighted by Crippen LogP contribution is -2.44. The van der Waals surface area contributed by atoms with Gasteiger partial charge >= 0.3 is 11.9 Å². The fraction of sp³-hybridized carbons (Fsp3) is 0.0732. The van der Waals surface area contributed by atoms with Gasteiger partial charge in [-0.3, -0.25) is 0 Å². The number of ether oxygens (including phenoxy) is 2. The molecule has 0 aromatic heterocycles. The Morgan fingerprint density at radius 3 is 1.34 bits per heavy atom. The van der Waals surface area contributed by atoms with E-state index in [4.69, 9.17) is 9.47 Å². The molecule has 4 nitrogen and oxygen atoms in total. The van der Waals surface area contributed by atoms with Crippen LogP contribution in [0, 0.1) is 64.0 Å². The second-order valence-electron chi connectivity index (χ2n) is 12.8. The fourth-order valence-corrected chi connectivity index (χ4v) is 7.71. The Bertz CT molecular complexity index is 2590. The van der Waals surface area contributed by atoms with Crippen molar-refractivity contribution in [2.45, 2.75) is 17.8 Å². The van der Waals surface area contributed by atoms with Crippen molar-refractivity contribution in [3.8, 4) is 11.5 Å². The smallest absolute Gasteiger partial charge is 0.349 e. The summed E-state index contributed by atoms with van der Waals surface area (Å²) >= 11 is 0. The van der Waals surface area contributed by atoms with E-state index in [9.17, 15) is 57.9 Å². The molecule has 6 aromatic carbocycles. The summed E-state index contributed by atoms with van der Waals surface area (Å²) < 4.78 is 169. The normalized spacial score (nSPS) is 16.2. The first-order valence-corrected chi connectivity index (χ1v) is 16.3. The van der Waals surface area contributed by atoms with Crippen LogP contribution < -0.4 is 9.47 Å². The first-order valence-electron chi connectivity index (χ1n) is 16.3. The topological polar surface area (TPSA) is 52.6 Å². The molecule has 0 saturated carbocycles. The highest BCUT2D eigenvalue weighted by Gasteiger charge is 2.55. The molecule has 0 spiro atoms. The average Bonchev–Trinajstić information content (AvgIpc) is 3.19. The van der Waals surface area contributed by atoms with Crippen molar-refractivity contribution in [1.29, 1.82) is 0 Å². The van der Waals surface area contributed by atoms with E-state index in [1.54, 1.807) is 48.5 Å². The monoisotopic (exact) mass is 782 g/mol. The summed E-state index contributed by atoms with van der Waals surface area (Å²) in [5.41, 5.74) is -3.28. The number of rotatable bonds is 6. The number of benzene rings is 6. The molecule has 0 N–H and O–H groups in total. The van der Waals surface area contributed by atoms with Crippen LogP contribution in [0.25, 0.3) is 0 Å². The summed E-state index contributed by atoms with van der Waals surface area (Å²) in [6.07, 6.45) is -0.136. The van der Waals surface area contributed by atoms with Crippen molar-refractivity contribution >= 4 is 11.9 Å². The number of carbonyl (C=O) groups excluding carboxylic acids is 2. The number of carbonyl (C=O) groups is 2. The SMILES string of the molecule is O=C(Oc1ccc(OC(=O)c2c(F)c(F)c(F)c(F)c2F)c2c1C1c3ccccc3C2(Cc2ccc(F)cc2)c2ccccc21)c1c(F)c(F)c(F)c(F)c1F. The first kappa shape index (κ1) is 36.5. The number of halogens is 11. The van der Waals surface area contributed by atoms with Crippen LogP contribution in [0.4, 0.5) is 48.3 Å². The van der Waals surface area contributed by atoms with Gasteiger partial charge in [-0.2, -0.15) is 0 Å². The zero-order valence-corrected chi connectivity index (χ0v) is 27.7. The molecule has 15 heteroatoms. The van der Waals surface area contributed by atoms with Crippen LogP contribution in [-0.4, -0.2) is 11.9 Å². The van der Waals surface area contributed by atoms with Crippen molar-refractivity contribution in [3.63, 3.8) is 0 Å². The van der Waals surface area contributed by atoms with Crippen molar-refractivity contribution in [2.24, 2.45) is 0 Å². The van der Waals surface area contributed by atoms with Crippen LogP contribution in [0.2, 0.25) is 0 Å². The molecule has 3 aliphatic carbocycles. The largest absolute Gasteiger partial charge is 0.422 e. The molecule has 3 aliphatic rings. The molecule has 0 atom stereocenters. The third-order valence-corrected chi connectivity index (χ3v) is 9.96. The molecule has 0 heterocycles. The van der Waals surface area contributed by atoms with Gasteiger partial charge in [0.1, 0.15) is 28.4 Å². The van der Waals surface area contributed by atoms with Crippen LogP contribution in [0.3, 0.4) is 0 Å². The summed E-state index contributed by atoms with van der Waals surface area (Å²) in [6, 6.07) is 20.2. The predicted molar refractivity (Wildman–Crippen MR) is 173 cm³/mol. The van der Waals surface area contributed by atoms with Crippen LogP contribution in [0.1, 0.15) is 65.6 Å². The summed E-state index contributed by atoms with van der Waals surface area (Å²) in [7, 11) is 0. The molecule has 0 saturated heterocycles. The third kappa shape index (κ3) is 5.13. The average molecular weight is 783 g/mol. The number of hydrogen-bond donors (Lipinski definition) is 0. The van der Waals surface area contributed by atoms with Gasteiger partial charge in [0.25, 0.3) is 0 Å². The summed E-state index contributed by atoms with van der Waals surface area (Å²) in [5, 5.41) is 0. The fourth-order valence-electron chi connectivity index (χ4n) is 7.71. The Morgan fingerprint density at radius 2 is 0.875 bits per heavy atom. The first-order chi connectivity index (χ1) is 26.7. The van der Waals surface area contributed by atoms with E-state index in [0.29, 0.717) is 27.8 Å². The Labute approximate surface area is 307 Å². The van der Waals surface area contributed by atoms with E-state index in [0.717, 1.165) is 24.3 Å². The Balaban J connectivity index is 1.41. The Morgan fingerprint density at radius 1 is 0.482 bits per heavy atom. The summed E-state index contributed by atoms with van der Waals surface area (Å²) in [4.78, 5) is 26.9. The standard InChI is InChI=1S/C41H17F11O4/c42-17-11-9-16(10-12-17)15-41-20-7-3-1-5-18(20)24(19-6-2-4-8-21(19)41)25-22(55-39(53)26-29(43)33(47)37(51)34(48)30(26)44)13-14-23(28(25)41)56-40(54)27-31(45)35(49)38(52)36(50)32(27)46/h1-14,24H,15H2. The summed E-state index contributed by atoms with van der Waals surface area (Å²) in [5.74, 6) is -31.7. The van der Waals surface area contributed by atoms with Gasteiger partial charge in [0.2, 0.25) is 11.6 Å². The molecular formula is C41H17F11O4. The van der Waals surface area contributed by atoms with E-state index in [-0.39, 0.29) is 17.5 Å². The minimum atomic E-state index is -2.54. The van der Waals surface area contributed by atoms with Gasteiger partial charge in [0, 0.05) is 17.0 Å². The Hall–Kier alpha value is -6.51. The lowest BCUT2D eigenvalue weighted by atomic mass is 9.51. The van der Waals surface area contributed by atoms with Crippen molar-refractivity contribution in [2.75, 3.05) is 0 Å². The van der Waals surface area contributed by atoms with Gasteiger partial charge in [-0.25, -0.2) is 57.9 Å². The second-order valence-corrected chi connectivity index (χ2v) is 12.8. The van der Waals surface area contributed by atoms with Crippen molar-refractivity contribution < 1.29 is 67.4 Å². The van der Waals surface area contributed by atoms with Gasteiger partial charge in [-0.15, -0.1) is 0 Å². The van der Waals surface area contributed by atoms with Crippen LogP contribution in [0.5, 0.6) is 11.5 Å². The molecule has 0 fully saturated rings. The van der Waals surface area contributed by atoms with Crippen LogP contribution >= 0.6 is 0 Å². The lowest BCUT2D eigenvalue weighted by Gasteiger charge is -2.51. The molecule has 9 rings (SSSR count). The molecule has 2 bridgehead atoms. The van der Waals surface area contributed by atoms with E-state index in [1.165, 1.54) is 12.1 Å². The maximum absolute atomic E-state index is 14.9. The van der Waals surface area contributed by atoms with Gasteiger partial charge in [-0.1, -0.05) is 60.7 Å². The van der Waals surface area contributed by atoms with Crippen LogP contribution in [0.15, 0.2) is 84.9 Å². The summed E-state index contributed by atoms with van der Waals surface area (Å²) in [6.45, 7) is 0. The number of hydrogen-bond acceptors (Lipinski definition) is 4. The molecule has 56 heavy (non-hydrogen) atoms. The highest BCUT2D eigenvalue weighted by Crippen LogP contribution is 2.64. The molecule has 6 aromatic rings. The second kappa shape index (κ2) is 13.1. The predicted octanol–water partition coefficient (Wildman–Crippen LogP) is 10.0. The van der Waals surface area contributed by atoms with Gasteiger partial charge in [0.15, 0.2) is 46.5 Å². The van der Waals surface area contributed by atoms with E-state index in [2.05, 4.69) is 0 Å². The highest BCUT2D eigenvalue weighted by atomic mass is 19.2. The third-order valence-electron chi connectivity index (χ3n) is 9.96. The van der Waals surface area contributed by atoms with Gasteiger partial charge in [0.05, 0.1) is 5.41 Å². The zero-order chi connectivity index (χ0) is 40.0. The minimum Gasteiger partial charge on any atom is -0.422 e. The molecule has 0 aliphatic heterocycles.